The SMILES string of the molecule is Nc1ccc(-n2nccc2NC(=O)Cc2ccsc2)cc1. The number of nitrogens with zero attached hydrogens (tertiary/aromatic N) is 2. The van der Waals surface area contributed by atoms with Gasteiger partial charge in [-0.15, -0.1) is 0 Å². The summed E-state index contributed by atoms with van der Waals surface area (Å²) in [6.45, 7) is 0. The molecule has 0 atom stereocenters. The van der Waals surface area contributed by atoms with Gasteiger partial charge in [-0.25, -0.2) is 4.68 Å². The van der Waals surface area contributed by atoms with Crippen molar-refractivity contribution in [2.45, 2.75) is 6.42 Å². The fraction of sp³-hybridized carbons (Fsp3) is 0.0667. The van der Waals surface area contributed by atoms with Gasteiger partial charge in [-0.2, -0.15) is 16.4 Å². The van der Waals surface area contributed by atoms with Gasteiger partial charge >= 0.3 is 0 Å². The Morgan fingerprint density at radius 2 is 2.05 bits per heavy atom. The minimum atomic E-state index is -0.0643. The number of anilines is 2. The number of benzene rings is 1. The lowest BCUT2D eigenvalue weighted by Crippen LogP contribution is -2.16. The molecule has 0 aliphatic rings. The zero-order chi connectivity index (χ0) is 14.7. The highest BCUT2D eigenvalue weighted by Gasteiger charge is 2.09. The highest BCUT2D eigenvalue weighted by molar-refractivity contribution is 7.08. The molecule has 3 aromatic rings. The number of rotatable bonds is 4. The van der Waals surface area contributed by atoms with Crippen molar-refractivity contribution < 1.29 is 4.79 Å². The number of amides is 1. The van der Waals surface area contributed by atoms with Crippen molar-refractivity contribution in [1.82, 2.24) is 9.78 Å². The summed E-state index contributed by atoms with van der Waals surface area (Å²) < 4.78 is 1.67. The Balaban J connectivity index is 1.76. The predicted molar refractivity (Wildman–Crippen MR) is 84.6 cm³/mol. The summed E-state index contributed by atoms with van der Waals surface area (Å²) in [6, 6.07) is 11.0. The van der Waals surface area contributed by atoms with Crippen molar-refractivity contribution in [1.29, 1.82) is 0 Å². The highest BCUT2D eigenvalue weighted by atomic mass is 32.1. The Labute approximate surface area is 126 Å². The summed E-state index contributed by atoms with van der Waals surface area (Å²) in [5.74, 6) is 0.575. The third-order valence-corrected chi connectivity index (χ3v) is 3.72. The summed E-state index contributed by atoms with van der Waals surface area (Å²) >= 11 is 1.58. The third-order valence-electron chi connectivity index (χ3n) is 2.99. The zero-order valence-electron chi connectivity index (χ0n) is 11.2. The fourth-order valence-corrected chi connectivity index (χ4v) is 2.65. The summed E-state index contributed by atoms with van der Waals surface area (Å²) in [5, 5.41) is 11.0. The average Bonchev–Trinajstić information content (AvgIpc) is 3.11. The molecule has 0 unspecified atom stereocenters. The number of hydrogen-bond donors (Lipinski definition) is 2. The quantitative estimate of drug-likeness (QED) is 0.727. The van der Waals surface area contributed by atoms with E-state index < -0.39 is 0 Å². The standard InChI is InChI=1S/C15H14N4OS/c16-12-1-3-13(4-2-12)19-14(5-7-17-19)18-15(20)9-11-6-8-21-10-11/h1-8,10H,9,16H2,(H,18,20). The van der Waals surface area contributed by atoms with E-state index in [1.165, 1.54) is 0 Å². The molecule has 21 heavy (non-hydrogen) atoms. The minimum absolute atomic E-state index is 0.0643. The Hall–Kier alpha value is -2.60. The summed E-state index contributed by atoms with van der Waals surface area (Å²) in [6.07, 6.45) is 2.01. The fourth-order valence-electron chi connectivity index (χ4n) is 1.98. The van der Waals surface area contributed by atoms with Gasteiger partial charge < -0.3 is 11.1 Å². The van der Waals surface area contributed by atoms with Crippen LogP contribution in [0.1, 0.15) is 5.56 Å². The smallest absolute Gasteiger partial charge is 0.229 e. The largest absolute Gasteiger partial charge is 0.399 e. The monoisotopic (exact) mass is 298 g/mol. The van der Waals surface area contributed by atoms with E-state index in [0.29, 0.717) is 17.9 Å². The van der Waals surface area contributed by atoms with Crippen molar-refractivity contribution in [3.63, 3.8) is 0 Å². The lowest BCUT2D eigenvalue weighted by atomic mass is 10.2. The van der Waals surface area contributed by atoms with Crippen molar-refractivity contribution >= 4 is 28.7 Å². The maximum atomic E-state index is 12.0. The molecule has 1 amide bonds. The molecule has 1 aromatic carbocycles. The molecule has 3 N–H and O–H groups in total. The van der Waals surface area contributed by atoms with Crippen LogP contribution in [0.5, 0.6) is 0 Å². The molecule has 0 radical (unpaired) electrons. The molecule has 5 nitrogen and oxygen atoms in total. The van der Waals surface area contributed by atoms with E-state index in [-0.39, 0.29) is 5.91 Å². The first-order chi connectivity index (χ1) is 10.2. The van der Waals surface area contributed by atoms with Gasteiger partial charge in [-0.05, 0) is 46.7 Å². The lowest BCUT2D eigenvalue weighted by Gasteiger charge is -2.09. The van der Waals surface area contributed by atoms with E-state index >= 15 is 0 Å². The van der Waals surface area contributed by atoms with Crippen molar-refractivity contribution in [3.8, 4) is 5.69 Å². The number of carbonyl (C=O) groups excluding carboxylic acids is 1. The number of thiophene rings is 1. The molecule has 0 saturated carbocycles. The van der Waals surface area contributed by atoms with Gasteiger partial charge in [0, 0.05) is 11.8 Å². The summed E-state index contributed by atoms with van der Waals surface area (Å²) in [4.78, 5) is 12.0. The molecule has 0 saturated heterocycles. The van der Waals surface area contributed by atoms with Crippen LogP contribution >= 0.6 is 11.3 Å². The second-order valence-corrected chi connectivity index (χ2v) is 5.36. The van der Waals surface area contributed by atoms with E-state index in [4.69, 9.17) is 5.73 Å². The summed E-state index contributed by atoms with van der Waals surface area (Å²) in [7, 11) is 0. The van der Waals surface area contributed by atoms with Crippen LogP contribution < -0.4 is 11.1 Å². The van der Waals surface area contributed by atoms with Crippen LogP contribution in [0, 0.1) is 0 Å². The van der Waals surface area contributed by atoms with Gasteiger partial charge in [-0.3, -0.25) is 4.79 Å². The number of nitrogen functional groups attached to an aromatic ring is 1. The molecule has 0 aliphatic carbocycles. The summed E-state index contributed by atoms with van der Waals surface area (Å²) in [5.41, 5.74) is 8.22. The third kappa shape index (κ3) is 3.11. The first-order valence-electron chi connectivity index (χ1n) is 6.43. The number of aromatic nitrogens is 2. The molecule has 0 fully saturated rings. The minimum Gasteiger partial charge on any atom is -0.399 e. The van der Waals surface area contributed by atoms with E-state index in [0.717, 1.165) is 11.3 Å². The number of nitrogens with one attached hydrogen (secondary N) is 1. The Bertz CT molecular complexity index is 731. The van der Waals surface area contributed by atoms with Gasteiger partial charge in [0.2, 0.25) is 5.91 Å². The molecular weight excluding hydrogens is 284 g/mol. The molecule has 2 heterocycles. The normalized spacial score (nSPS) is 10.5. The molecule has 6 heteroatoms. The lowest BCUT2D eigenvalue weighted by molar-refractivity contribution is -0.115. The second kappa shape index (κ2) is 5.80. The van der Waals surface area contributed by atoms with Gasteiger partial charge in [0.05, 0.1) is 18.3 Å². The number of carbonyl (C=O) groups is 1. The molecule has 2 aromatic heterocycles. The van der Waals surface area contributed by atoms with Gasteiger partial charge in [0.1, 0.15) is 5.82 Å². The predicted octanol–water partition coefficient (Wildman–Crippen LogP) is 2.70. The zero-order valence-corrected chi connectivity index (χ0v) is 12.0. The van der Waals surface area contributed by atoms with E-state index in [1.807, 2.05) is 29.0 Å². The molecule has 0 spiro atoms. The van der Waals surface area contributed by atoms with E-state index in [1.54, 1.807) is 40.4 Å². The first-order valence-corrected chi connectivity index (χ1v) is 7.37. The highest BCUT2D eigenvalue weighted by Crippen LogP contribution is 2.16. The van der Waals surface area contributed by atoms with E-state index in [2.05, 4.69) is 10.4 Å². The van der Waals surface area contributed by atoms with Crippen molar-refractivity contribution in [3.05, 3.63) is 58.9 Å². The topological polar surface area (TPSA) is 72.9 Å². The molecule has 0 bridgehead atoms. The first kappa shape index (κ1) is 13.4. The van der Waals surface area contributed by atoms with Crippen molar-refractivity contribution in [2.75, 3.05) is 11.1 Å². The molecule has 106 valence electrons. The maximum Gasteiger partial charge on any atom is 0.229 e. The number of hydrogen-bond acceptors (Lipinski definition) is 4. The van der Waals surface area contributed by atoms with Crippen molar-refractivity contribution in [2.24, 2.45) is 0 Å². The van der Waals surface area contributed by atoms with Crippen LogP contribution in [-0.2, 0) is 11.2 Å². The van der Waals surface area contributed by atoms with Crippen LogP contribution in [0.25, 0.3) is 5.69 Å². The maximum absolute atomic E-state index is 12.0. The molecule has 3 rings (SSSR count). The van der Waals surface area contributed by atoms with Gasteiger partial charge in [0.25, 0.3) is 0 Å². The van der Waals surface area contributed by atoms with Crippen LogP contribution in [0.15, 0.2) is 53.4 Å². The van der Waals surface area contributed by atoms with Crippen LogP contribution in [0.3, 0.4) is 0 Å². The van der Waals surface area contributed by atoms with Crippen LogP contribution in [0.4, 0.5) is 11.5 Å². The molecule has 0 aliphatic heterocycles. The number of nitrogens with two attached hydrogens (primary N) is 1. The van der Waals surface area contributed by atoms with Gasteiger partial charge in [0.15, 0.2) is 0 Å². The van der Waals surface area contributed by atoms with Crippen LogP contribution in [-0.4, -0.2) is 15.7 Å². The Morgan fingerprint density at radius 1 is 1.24 bits per heavy atom. The van der Waals surface area contributed by atoms with E-state index in [9.17, 15) is 4.79 Å². The molecular formula is C15H14N4OS. The second-order valence-electron chi connectivity index (χ2n) is 4.58. The Kier molecular flexibility index (Phi) is 3.70. The van der Waals surface area contributed by atoms with Gasteiger partial charge in [-0.1, -0.05) is 0 Å². The van der Waals surface area contributed by atoms with Crippen LogP contribution in [0.2, 0.25) is 0 Å². The Morgan fingerprint density at radius 3 is 2.76 bits per heavy atom. The average molecular weight is 298 g/mol.